The molecule has 0 aliphatic carbocycles. The van der Waals surface area contributed by atoms with Crippen LogP contribution >= 0.6 is 0 Å². The van der Waals surface area contributed by atoms with Crippen molar-refractivity contribution in [2.45, 2.75) is 19.4 Å². The molecule has 2 heterocycles. The first-order valence-electron chi connectivity index (χ1n) is 7.75. The van der Waals surface area contributed by atoms with Crippen molar-refractivity contribution in [3.8, 4) is 17.2 Å². The fraction of sp³-hybridized carbons (Fsp3) is 0.211. The van der Waals surface area contributed by atoms with Crippen molar-refractivity contribution in [2.24, 2.45) is 0 Å². The Bertz CT molecular complexity index is 822. The second-order valence-corrected chi connectivity index (χ2v) is 5.64. The lowest BCUT2D eigenvalue weighted by Crippen LogP contribution is -2.11. The Balaban J connectivity index is 1.50. The molecule has 1 aliphatic rings. The minimum absolute atomic E-state index is 0.555. The lowest BCUT2D eigenvalue weighted by atomic mass is 10.0. The van der Waals surface area contributed by atoms with Crippen molar-refractivity contribution in [1.82, 2.24) is 9.55 Å². The highest BCUT2D eigenvalue weighted by Crippen LogP contribution is 2.28. The number of aromatic nitrogens is 2. The van der Waals surface area contributed by atoms with Crippen molar-refractivity contribution in [3.63, 3.8) is 0 Å². The molecule has 0 radical (unpaired) electrons. The quantitative estimate of drug-likeness (QED) is 0.739. The van der Waals surface area contributed by atoms with Crippen molar-refractivity contribution in [3.05, 3.63) is 71.8 Å². The maximum atomic E-state index is 5.94. The van der Waals surface area contributed by atoms with Crippen LogP contribution in [0.5, 0.6) is 11.5 Å². The minimum Gasteiger partial charge on any atom is -0.497 e. The van der Waals surface area contributed by atoms with Gasteiger partial charge in [0.25, 0.3) is 0 Å². The molecule has 0 spiro atoms. The zero-order chi connectivity index (χ0) is 15.6. The Morgan fingerprint density at radius 2 is 1.87 bits per heavy atom. The molecule has 0 amide bonds. The van der Waals surface area contributed by atoms with Gasteiger partial charge in [0, 0.05) is 18.8 Å². The number of hydrogen-bond donors (Lipinski definition) is 0. The van der Waals surface area contributed by atoms with Crippen LogP contribution in [0, 0.1) is 0 Å². The molecule has 0 fully saturated rings. The van der Waals surface area contributed by atoms with Crippen LogP contribution in [0.15, 0.2) is 54.9 Å². The van der Waals surface area contributed by atoms with E-state index in [2.05, 4.69) is 21.7 Å². The standard InChI is InChI=1S/C19H18N2O2/c1-22-16-5-2-14(3-6-16)13-23-17-7-8-18-15(12-17)4-9-19-20-10-11-21(18)19/h2-3,5-8,10-12H,4,9,13H2,1H3. The fourth-order valence-electron chi connectivity index (χ4n) is 2.96. The van der Waals surface area contributed by atoms with Crippen LogP contribution in [-0.2, 0) is 19.4 Å². The zero-order valence-electron chi connectivity index (χ0n) is 13.0. The van der Waals surface area contributed by atoms with Gasteiger partial charge in [0.05, 0.1) is 12.8 Å². The Hall–Kier alpha value is -2.75. The highest BCUT2D eigenvalue weighted by atomic mass is 16.5. The molecular formula is C19H18N2O2. The molecule has 0 N–H and O–H groups in total. The topological polar surface area (TPSA) is 36.3 Å². The molecular weight excluding hydrogens is 288 g/mol. The Morgan fingerprint density at radius 1 is 1.04 bits per heavy atom. The second kappa shape index (κ2) is 5.80. The number of methoxy groups -OCH3 is 1. The summed E-state index contributed by atoms with van der Waals surface area (Å²) >= 11 is 0. The lowest BCUT2D eigenvalue weighted by molar-refractivity contribution is 0.305. The predicted octanol–water partition coefficient (Wildman–Crippen LogP) is 3.56. The number of hydrogen-bond acceptors (Lipinski definition) is 3. The number of rotatable bonds is 4. The third-order valence-electron chi connectivity index (χ3n) is 4.21. The molecule has 4 nitrogen and oxygen atoms in total. The van der Waals surface area contributed by atoms with E-state index >= 15 is 0 Å². The van der Waals surface area contributed by atoms with E-state index in [9.17, 15) is 0 Å². The summed E-state index contributed by atoms with van der Waals surface area (Å²) in [6.07, 6.45) is 5.86. The van der Waals surface area contributed by atoms with E-state index in [-0.39, 0.29) is 0 Å². The number of nitrogens with zero attached hydrogens (tertiary/aromatic N) is 2. The summed E-state index contributed by atoms with van der Waals surface area (Å²) in [7, 11) is 1.67. The van der Waals surface area contributed by atoms with Gasteiger partial charge >= 0.3 is 0 Å². The average Bonchev–Trinajstić information content (AvgIpc) is 3.09. The molecule has 1 aliphatic heterocycles. The zero-order valence-corrected chi connectivity index (χ0v) is 13.0. The van der Waals surface area contributed by atoms with Crippen molar-refractivity contribution in [2.75, 3.05) is 7.11 Å². The van der Waals surface area contributed by atoms with Gasteiger partial charge in [-0.05, 0) is 47.9 Å². The summed E-state index contributed by atoms with van der Waals surface area (Å²) in [6, 6.07) is 14.2. The summed E-state index contributed by atoms with van der Waals surface area (Å²) < 4.78 is 13.3. The largest absolute Gasteiger partial charge is 0.497 e. The Labute approximate surface area is 135 Å². The molecule has 116 valence electrons. The SMILES string of the molecule is COc1ccc(COc2ccc3c(c2)CCc2nccn2-3)cc1. The molecule has 3 aromatic rings. The van der Waals surface area contributed by atoms with Gasteiger partial charge in [-0.2, -0.15) is 0 Å². The van der Waals surface area contributed by atoms with Crippen molar-refractivity contribution < 1.29 is 9.47 Å². The second-order valence-electron chi connectivity index (χ2n) is 5.64. The number of imidazole rings is 1. The monoisotopic (exact) mass is 306 g/mol. The maximum Gasteiger partial charge on any atom is 0.120 e. The summed E-state index contributed by atoms with van der Waals surface area (Å²) in [5, 5.41) is 0. The summed E-state index contributed by atoms with van der Waals surface area (Å²) in [4.78, 5) is 4.39. The van der Waals surface area contributed by atoms with Gasteiger partial charge in [-0.15, -0.1) is 0 Å². The summed E-state index contributed by atoms with van der Waals surface area (Å²) in [5.74, 6) is 2.89. The van der Waals surface area contributed by atoms with E-state index in [0.29, 0.717) is 6.61 Å². The minimum atomic E-state index is 0.555. The first-order valence-corrected chi connectivity index (χ1v) is 7.75. The van der Waals surface area contributed by atoms with E-state index in [1.165, 1.54) is 11.3 Å². The Kier molecular flexibility index (Phi) is 3.50. The van der Waals surface area contributed by atoms with E-state index in [0.717, 1.165) is 35.7 Å². The summed E-state index contributed by atoms with van der Waals surface area (Å²) in [5.41, 5.74) is 3.64. The van der Waals surface area contributed by atoms with Crippen LogP contribution in [0.2, 0.25) is 0 Å². The van der Waals surface area contributed by atoms with Crippen molar-refractivity contribution >= 4 is 0 Å². The maximum absolute atomic E-state index is 5.94. The molecule has 2 aromatic carbocycles. The van der Waals surface area contributed by atoms with Gasteiger partial charge in [-0.25, -0.2) is 4.98 Å². The summed E-state index contributed by atoms with van der Waals surface area (Å²) in [6.45, 7) is 0.555. The fourth-order valence-corrected chi connectivity index (χ4v) is 2.96. The van der Waals surface area contributed by atoms with Gasteiger partial charge in [0.15, 0.2) is 0 Å². The number of aryl methyl sites for hydroxylation is 2. The van der Waals surface area contributed by atoms with Gasteiger partial charge in [-0.3, -0.25) is 0 Å². The van der Waals surface area contributed by atoms with Gasteiger partial charge in [0.2, 0.25) is 0 Å². The third kappa shape index (κ3) is 2.68. The predicted molar refractivity (Wildman–Crippen MR) is 88.3 cm³/mol. The van der Waals surface area contributed by atoms with E-state index in [1.807, 2.05) is 42.7 Å². The van der Waals surface area contributed by atoms with Crippen LogP contribution in [0.4, 0.5) is 0 Å². The molecule has 0 bridgehead atoms. The first kappa shape index (κ1) is 13.9. The lowest BCUT2D eigenvalue weighted by Gasteiger charge is -2.19. The van der Waals surface area contributed by atoms with E-state index < -0.39 is 0 Å². The first-order chi connectivity index (χ1) is 11.3. The molecule has 1 aromatic heterocycles. The van der Waals surface area contributed by atoms with Gasteiger partial charge in [-0.1, -0.05) is 12.1 Å². The molecule has 0 atom stereocenters. The van der Waals surface area contributed by atoms with Crippen LogP contribution in [0.3, 0.4) is 0 Å². The van der Waals surface area contributed by atoms with Crippen LogP contribution in [0.25, 0.3) is 5.69 Å². The number of benzene rings is 2. The highest BCUT2D eigenvalue weighted by molar-refractivity contribution is 5.48. The molecule has 4 heteroatoms. The van der Waals surface area contributed by atoms with Crippen molar-refractivity contribution in [1.29, 1.82) is 0 Å². The van der Waals surface area contributed by atoms with Crippen LogP contribution < -0.4 is 9.47 Å². The van der Waals surface area contributed by atoms with E-state index in [1.54, 1.807) is 7.11 Å². The number of ether oxygens (including phenoxy) is 2. The Morgan fingerprint density at radius 3 is 2.70 bits per heavy atom. The smallest absolute Gasteiger partial charge is 0.120 e. The van der Waals surface area contributed by atoms with Crippen LogP contribution in [0.1, 0.15) is 17.0 Å². The normalized spacial score (nSPS) is 12.4. The molecule has 0 unspecified atom stereocenters. The molecule has 0 saturated carbocycles. The van der Waals surface area contributed by atoms with Crippen LogP contribution in [-0.4, -0.2) is 16.7 Å². The number of fused-ring (bicyclic) bond motifs is 3. The molecule has 4 rings (SSSR count). The van der Waals surface area contributed by atoms with Gasteiger partial charge < -0.3 is 14.0 Å². The molecule has 23 heavy (non-hydrogen) atoms. The van der Waals surface area contributed by atoms with Gasteiger partial charge in [0.1, 0.15) is 23.9 Å². The molecule has 0 saturated heterocycles. The third-order valence-corrected chi connectivity index (χ3v) is 4.21. The average molecular weight is 306 g/mol. The highest BCUT2D eigenvalue weighted by Gasteiger charge is 2.16. The van der Waals surface area contributed by atoms with E-state index in [4.69, 9.17) is 9.47 Å².